The summed E-state index contributed by atoms with van der Waals surface area (Å²) < 4.78 is 0. The van der Waals surface area contributed by atoms with Gasteiger partial charge in [-0.15, -0.1) is 0 Å². The fraction of sp³-hybridized carbons (Fsp3) is 0.0870. The van der Waals surface area contributed by atoms with E-state index in [1.165, 1.54) is 24.3 Å². The first kappa shape index (κ1) is 22.0. The summed E-state index contributed by atoms with van der Waals surface area (Å²) in [5, 5.41) is 21.5. The summed E-state index contributed by atoms with van der Waals surface area (Å²) in [4.78, 5) is 61.7. The number of nitrogens with one attached hydrogen (secondary N) is 1. The minimum atomic E-state index is -1.25. The van der Waals surface area contributed by atoms with Gasteiger partial charge >= 0.3 is 11.9 Å². The summed E-state index contributed by atoms with van der Waals surface area (Å²) in [7, 11) is 0. The third-order valence-electron chi connectivity index (χ3n) is 5.13. The highest BCUT2D eigenvalue weighted by Crippen LogP contribution is 2.37. The molecule has 0 aromatic heterocycles. The van der Waals surface area contributed by atoms with E-state index in [9.17, 15) is 29.1 Å². The number of anilines is 2. The number of nitrogens with zero attached hydrogens (tertiary/aromatic N) is 1. The third kappa shape index (κ3) is 4.01. The summed E-state index contributed by atoms with van der Waals surface area (Å²) >= 11 is 6.21. The van der Waals surface area contributed by atoms with Crippen LogP contribution in [0.15, 0.2) is 48.5 Å². The molecule has 1 aliphatic heterocycles. The molecule has 0 aliphatic carbocycles. The zero-order valence-corrected chi connectivity index (χ0v) is 17.5. The molecule has 3 aromatic carbocycles. The van der Waals surface area contributed by atoms with E-state index >= 15 is 0 Å². The van der Waals surface area contributed by atoms with Crippen LogP contribution in [-0.4, -0.2) is 39.9 Å². The Hall–Kier alpha value is -4.24. The highest BCUT2D eigenvalue weighted by molar-refractivity contribution is 6.40. The lowest BCUT2D eigenvalue weighted by molar-refractivity contribution is -0.138. The standard InChI is InChI=1S/C23H15ClN2O7/c24-16-5-4-12(23(32)33)9-17(16)26-21(30)14-3-1-2-11-8-13(10-15(20(11)14)22(26)31)25-18(27)6-7-19(28)29/h1-5,8-10H,6-7H2,(H,25,27)(H,28,29)(H,32,33). The molecule has 3 aromatic rings. The van der Waals surface area contributed by atoms with Gasteiger partial charge < -0.3 is 15.5 Å². The average molecular weight is 467 g/mol. The maximum Gasteiger partial charge on any atom is 0.335 e. The first-order valence-electron chi connectivity index (χ1n) is 9.67. The zero-order valence-electron chi connectivity index (χ0n) is 16.8. The van der Waals surface area contributed by atoms with Gasteiger partial charge in [0.15, 0.2) is 0 Å². The molecule has 0 atom stereocenters. The summed E-state index contributed by atoms with van der Waals surface area (Å²) in [5.74, 6) is -4.32. The summed E-state index contributed by atoms with van der Waals surface area (Å²) in [6.07, 6.45) is -0.602. The van der Waals surface area contributed by atoms with Gasteiger partial charge in [-0.1, -0.05) is 23.7 Å². The van der Waals surface area contributed by atoms with E-state index in [2.05, 4.69) is 5.32 Å². The lowest BCUT2D eigenvalue weighted by Gasteiger charge is -2.28. The number of imide groups is 1. The van der Waals surface area contributed by atoms with Crippen LogP contribution < -0.4 is 10.2 Å². The van der Waals surface area contributed by atoms with E-state index in [4.69, 9.17) is 16.7 Å². The monoisotopic (exact) mass is 466 g/mol. The molecule has 4 rings (SSSR count). The van der Waals surface area contributed by atoms with E-state index in [1.807, 2.05) is 0 Å². The number of rotatable bonds is 6. The molecule has 0 bridgehead atoms. The second-order valence-electron chi connectivity index (χ2n) is 7.29. The van der Waals surface area contributed by atoms with Crippen molar-refractivity contribution < 1.29 is 34.2 Å². The van der Waals surface area contributed by atoms with Crippen LogP contribution in [0.25, 0.3) is 10.8 Å². The van der Waals surface area contributed by atoms with Crippen LogP contribution in [0.5, 0.6) is 0 Å². The molecule has 0 spiro atoms. The molecule has 166 valence electrons. The van der Waals surface area contributed by atoms with Gasteiger partial charge in [0.2, 0.25) is 5.91 Å². The molecule has 0 fully saturated rings. The molecule has 1 heterocycles. The molecule has 33 heavy (non-hydrogen) atoms. The van der Waals surface area contributed by atoms with Crippen molar-refractivity contribution in [2.75, 3.05) is 10.2 Å². The quantitative estimate of drug-likeness (QED) is 0.469. The van der Waals surface area contributed by atoms with Crippen molar-refractivity contribution in [3.63, 3.8) is 0 Å². The van der Waals surface area contributed by atoms with Crippen molar-refractivity contribution in [3.05, 3.63) is 70.2 Å². The number of hydrogen-bond donors (Lipinski definition) is 3. The lowest BCUT2D eigenvalue weighted by Crippen LogP contribution is -2.40. The molecule has 1 aliphatic rings. The van der Waals surface area contributed by atoms with Crippen LogP contribution in [0.1, 0.15) is 43.9 Å². The molecule has 0 saturated carbocycles. The number of aliphatic carboxylic acids is 1. The lowest BCUT2D eigenvalue weighted by atomic mass is 9.93. The molecule has 3 N–H and O–H groups in total. The number of aromatic carboxylic acids is 1. The number of halogens is 1. The van der Waals surface area contributed by atoms with E-state index in [0.29, 0.717) is 10.8 Å². The summed E-state index contributed by atoms with van der Waals surface area (Å²) in [6.45, 7) is 0. The Morgan fingerprint density at radius 1 is 0.909 bits per heavy atom. The van der Waals surface area contributed by atoms with Crippen molar-refractivity contribution in [1.29, 1.82) is 0 Å². The van der Waals surface area contributed by atoms with Crippen LogP contribution in [0.4, 0.5) is 11.4 Å². The second kappa shape index (κ2) is 8.36. The Morgan fingerprint density at radius 2 is 1.64 bits per heavy atom. The smallest absolute Gasteiger partial charge is 0.335 e. The predicted molar refractivity (Wildman–Crippen MR) is 119 cm³/mol. The van der Waals surface area contributed by atoms with Crippen LogP contribution in [0.3, 0.4) is 0 Å². The number of carbonyl (C=O) groups excluding carboxylic acids is 3. The van der Waals surface area contributed by atoms with Gasteiger partial charge in [-0.25, -0.2) is 9.69 Å². The zero-order chi connectivity index (χ0) is 23.9. The Bertz CT molecular complexity index is 1380. The van der Waals surface area contributed by atoms with Crippen molar-refractivity contribution in [3.8, 4) is 0 Å². The highest BCUT2D eigenvalue weighted by atomic mass is 35.5. The Morgan fingerprint density at radius 3 is 2.33 bits per heavy atom. The maximum atomic E-state index is 13.4. The molecular weight excluding hydrogens is 452 g/mol. The van der Waals surface area contributed by atoms with Crippen LogP contribution in [0, 0.1) is 0 Å². The molecule has 9 nitrogen and oxygen atoms in total. The van der Waals surface area contributed by atoms with Crippen LogP contribution in [0.2, 0.25) is 5.02 Å². The van der Waals surface area contributed by atoms with Crippen molar-refractivity contribution in [2.24, 2.45) is 0 Å². The first-order valence-corrected chi connectivity index (χ1v) is 10.0. The van der Waals surface area contributed by atoms with Gasteiger partial charge in [0.1, 0.15) is 0 Å². The van der Waals surface area contributed by atoms with Gasteiger partial charge in [-0.3, -0.25) is 19.2 Å². The number of amides is 3. The Labute approximate surface area is 191 Å². The highest BCUT2D eigenvalue weighted by Gasteiger charge is 2.35. The fourth-order valence-electron chi connectivity index (χ4n) is 3.66. The number of benzene rings is 3. The van der Waals surface area contributed by atoms with Crippen molar-refractivity contribution in [2.45, 2.75) is 12.8 Å². The summed E-state index contributed by atoms with van der Waals surface area (Å²) in [6, 6.07) is 11.5. The van der Waals surface area contributed by atoms with Gasteiger partial charge in [-0.05, 0) is 41.8 Å². The first-order chi connectivity index (χ1) is 15.7. The van der Waals surface area contributed by atoms with Crippen LogP contribution in [-0.2, 0) is 9.59 Å². The Balaban J connectivity index is 1.82. The van der Waals surface area contributed by atoms with E-state index < -0.39 is 29.7 Å². The fourth-order valence-corrected chi connectivity index (χ4v) is 3.86. The molecule has 3 amide bonds. The van der Waals surface area contributed by atoms with Crippen molar-refractivity contribution >= 4 is 63.4 Å². The van der Waals surface area contributed by atoms with Gasteiger partial charge in [0.25, 0.3) is 11.8 Å². The minimum absolute atomic E-state index is 0.00968. The van der Waals surface area contributed by atoms with Gasteiger partial charge in [0, 0.05) is 23.1 Å². The molecule has 0 saturated heterocycles. The van der Waals surface area contributed by atoms with E-state index in [-0.39, 0.29) is 45.9 Å². The largest absolute Gasteiger partial charge is 0.481 e. The van der Waals surface area contributed by atoms with Crippen LogP contribution >= 0.6 is 11.6 Å². The number of carboxylic acids is 2. The van der Waals surface area contributed by atoms with E-state index in [0.717, 1.165) is 11.0 Å². The predicted octanol–water partition coefficient (Wildman–Crippen LogP) is 3.80. The van der Waals surface area contributed by atoms with Gasteiger partial charge in [-0.2, -0.15) is 0 Å². The SMILES string of the molecule is O=C(O)CCC(=O)Nc1cc2c3c(cccc3c1)C(=O)N(c1cc(C(=O)O)ccc1Cl)C2=O. The number of hydrogen-bond acceptors (Lipinski definition) is 5. The topological polar surface area (TPSA) is 141 Å². The van der Waals surface area contributed by atoms with Crippen molar-refractivity contribution in [1.82, 2.24) is 0 Å². The molecule has 0 radical (unpaired) electrons. The van der Waals surface area contributed by atoms with E-state index in [1.54, 1.807) is 18.2 Å². The third-order valence-corrected chi connectivity index (χ3v) is 5.45. The Kier molecular flexibility index (Phi) is 5.57. The molecular formula is C23H15ClN2O7. The normalized spacial score (nSPS) is 12.7. The van der Waals surface area contributed by atoms with Gasteiger partial charge in [0.05, 0.1) is 28.3 Å². The second-order valence-corrected chi connectivity index (χ2v) is 7.69. The maximum absolute atomic E-state index is 13.4. The minimum Gasteiger partial charge on any atom is -0.481 e. The summed E-state index contributed by atoms with van der Waals surface area (Å²) in [5.41, 5.74) is 0.331. The molecule has 10 heteroatoms. The molecule has 0 unspecified atom stereocenters. The number of carboxylic acid groups (broad SMARTS) is 2. The number of carbonyl (C=O) groups is 5. The average Bonchev–Trinajstić information content (AvgIpc) is 2.76.